The molecule has 2 unspecified atom stereocenters. The van der Waals surface area contributed by atoms with Crippen molar-refractivity contribution in [2.75, 3.05) is 39.6 Å². The van der Waals surface area contributed by atoms with E-state index in [0.717, 1.165) is 102 Å². The van der Waals surface area contributed by atoms with Crippen LogP contribution in [0.3, 0.4) is 0 Å². The van der Waals surface area contributed by atoms with E-state index in [4.69, 9.17) is 37.0 Å². The van der Waals surface area contributed by atoms with Gasteiger partial charge in [-0.2, -0.15) is 0 Å². The Morgan fingerprint density at radius 1 is 0.278 bits per heavy atom. The molecule has 0 aliphatic carbocycles. The zero-order valence-electron chi connectivity index (χ0n) is 63.4. The number of phosphoric ester groups is 2. The molecule has 5 atom stereocenters. The third kappa shape index (κ3) is 72.2. The summed E-state index contributed by atoms with van der Waals surface area (Å²) in [7, 11) is -9.91. The molecule has 0 aliphatic heterocycles. The monoisotopic (exact) mass is 1420 g/mol. The summed E-state index contributed by atoms with van der Waals surface area (Å²) >= 11 is 0. The van der Waals surface area contributed by atoms with Crippen LogP contribution in [-0.2, 0) is 65.4 Å². The standard InChI is InChI=1S/C78H152O17P2/c1-7-9-11-13-15-17-37-44-50-56-62-77(82)94-73(66-88-75(80)60-54-48-42-34-16-14-12-10-8-2)68-92-96(84,85)90-64-72(79)65-91-97(86,87)93-69-74(95-78(83)63-57-51-45-39-33-29-25-21-19-23-27-31-36-41-47-53-59-71(5)6)67-89-76(81)61-55-49-43-38-32-28-24-20-18-22-26-30-35-40-46-52-58-70(3)4/h70-74,79H,7-69H2,1-6H3,(H,84,85)(H,86,87)/t72-,73+,74+/m0/s1. The minimum atomic E-state index is -4.96. The number of unbranched alkanes of at least 4 members (excludes halogenated alkanes) is 47. The van der Waals surface area contributed by atoms with E-state index >= 15 is 0 Å². The number of esters is 4. The number of hydrogen-bond donors (Lipinski definition) is 3. The maximum atomic E-state index is 13.1. The maximum Gasteiger partial charge on any atom is 0.472 e. The lowest BCUT2D eigenvalue weighted by Gasteiger charge is -2.21. The summed E-state index contributed by atoms with van der Waals surface area (Å²) in [5, 5.41) is 10.6. The van der Waals surface area contributed by atoms with Gasteiger partial charge in [0.2, 0.25) is 0 Å². The van der Waals surface area contributed by atoms with Crippen LogP contribution >= 0.6 is 15.6 Å². The zero-order valence-corrected chi connectivity index (χ0v) is 65.2. The van der Waals surface area contributed by atoms with Crippen LogP contribution in [0.5, 0.6) is 0 Å². The predicted molar refractivity (Wildman–Crippen MR) is 395 cm³/mol. The lowest BCUT2D eigenvalue weighted by atomic mass is 10.0. The SMILES string of the molecule is CCCCCCCCCCCCC(=O)O[C@H](COC(=O)CCCCCCCCCCC)COP(=O)(O)OC[C@H](O)COP(=O)(O)OC[C@@H](COC(=O)CCCCCCCCCCCCCCCCCCC(C)C)OC(=O)CCCCCCCCCCCCCCCCCCC(C)C. The fraction of sp³-hybridized carbons (Fsp3) is 0.949. The van der Waals surface area contributed by atoms with Crippen LogP contribution in [-0.4, -0.2) is 96.7 Å². The lowest BCUT2D eigenvalue weighted by molar-refractivity contribution is -0.161. The second kappa shape index (κ2) is 69.8. The Kier molecular flexibility index (Phi) is 68.4. The van der Waals surface area contributed by atoms with Crippen molar-refractivity contribution in [3.63, 3.8) is 0 Å². The van der Waals surface area contributed by atoms with Crippen LogP contribution in [0.25, 0.3) is 0 Å². The van der Waals surface area contributed by atoms with E-state index in [1.54, 1.807) is 0 Å². The first-order chi connectivity index (χ1) is 46.9. The number of ether oxygens (including phenoxy) is 4. The lowest BCUT2D eigenvalue weighted by Crippen LogP contribution is -2.30. The van der Waals surface area contributed by atoms with Gasteiger partial charge < -0.3 is 33.8 Å². The van der Waals surface area contributed by atoms with Gasteiger partial charge in [0.05, 0.1) is 26.4 Å². The van der Waals surface area contributed by atoms with Gasteiger partial charge in [-0.05, 0) is 37.5 Å². The summed E-state index contributed by atoms with van der Waals surface area (Å²) in [5.41, 5.74) is 0. The normalized spacial score (nSPS) is 14.0. The Balaban J connectivity index is 5.19. The second-order valence-electron chi connectivity index (χ2n) is 29.1. The molecule has 0 rings (SSSR count). The van der Waals surface area contributed by atoms with Crippen molar-refractivity contribution in [2.24, 2.45) is 11.8 Å². The Morgan fingerprint density at radius 3 is 0.701 bits per heavy atom. The van der Waals surface area contributed by atoms with Crippen molar-refractivity contribution in [1.29, 1.82) is 0 Å². The van der Waals surface area contributed by atoms with Crippen molar-refractivity contribution < 1.29 is 80.2 Å². The van der Waals surface area contributed by atoms with Gasteiger partial charge in [-0.25, -0.2) is 9.13 Å². The molecular formula is C78H152O17P2. The Bertz CT molecular complexity index is 1870. The zero-order chi connectivity index (χ0) is 71.4. The van der Waals surface area contributed by atoms with Crippen LogP contribution < -0.4 is 0 Å². The Labute approximate surface area is 594 Å². The number of carbonyl (C=O) groups is 4. The molecule has 0 aromatic heterocycles. The second-order valence-corrected chi connectivity index (χ2v) is 32.0. The molecule has 0 spiro atoms. The highest BCUT2D eigenvalue weighted by molar-refractivity contribution is 7.47. The van der Waals surface area contributed by atoms with Crippen LogP contribution in [0.4, 0.5) is 0 Å². The molecule has 3 N–H and O–H groups in total. The minimum absolute atomic E-state index is 0.107. The quantitative estimate of drug-likeness (QED) is 0.0222. The van der Waals surface area contributed by atoms with Crippen molar-refractivity contribution in [1.82, 2.24) is 0 Å². The maximum absolute atomic E-state index is 13.1. The molecule has 0 fully saturated rings. The molecule has 0 heterocycles. The molecule has 0 radical (unpaired) electrons. The average Bonchev–Trinajstić information content (AvgIpc) is 1.86. The molecule has 0 aromatic rings. The molecule has 0 saturated carbocycles. The molecule has 0 saturated heterocycles. The molecule has 0 amide bonds. The van der Waals surface area contributed by atoms with Crippen molar-refractivity contribution in [2.45, 2.75) is 426 Å². The number of aliphatic hydroxyl groups excluding tert-OH is 1. The third-order valence-electron chi connectivity index (χ3n) is 18.2. The summed E-state index contributed by atoms with van der Waals surface area (Å²) in [6.07, 6.45) is 58.3. The summed E-state index contributed by atoms with van der Waals surface area (Å²) in [6.45, 7) is 9.65. The number of carbonyl (C=O) groups excluding carboxylic acids is 4. The first-order valence-electron chi connectivity index (χ1n) is 40.5. The van der Waals surface area contributed by atoms with Gasteiger partial charge >= 0.3 is 39.5 Å². The van der Waals surface area contributed by atoms with E-state index in [9.17, 15) is 43.2 Å². The molecule has 17 nitrogen and oxygen atoms in total. The first kappa shape index (κ1) is 95.1. The highest BCUT2D eigenvalue weighted by atomic mass is 31.2. The largest absolute Gasteiger partial charge is 0.472 e. The molecule has 19 heteroatoms. The van der Waals surface area contributed by atoms with E-state index in [1.165, 1.54) is 225 Å². The van der Waals surface area contributed by atoms with Gasteiger partial charge in [-0.1, -0.05) is 356 Å². The Hall–Kier alpha value is -1.94. The molecule has 0 bridgehead atoms. The van der Waals surface area contributed by atoms with E-state index in [-0.39, 0.29) is 25.7 Å². The number of aliphatic hydroxyl groups is 1. The van der Waals surface area contributed by atoms with Crippen molar-refractivity contribution in [3.05, 3.63) is 0 Å². The fourth-order valence-corrected chi connectivity index (χ4v) is 13.6. The number of rotatable bonds is 77. The highest BCUT2D eigenvalue weighted by Crippen LogP contribution is 2.45. The topological polar surface area (TPSA) is 237 Å². The van der Waals surface area contributed by atoms with Crippen molar-refractivity contribution >= 4 is 39.5 Å². The molecule has 0 aliphatic rings. The summed E-state index contributed by atoms with van der Waals surface area (Å²) in [4.78, 5) is 72.8. The van der Waals surface area contributed by atoms with Gasteiger partial charge in [0.15, 0.2) is 12.2 Å². The summed E-state index contributed by atoms with van der Waals surface area (Å²) in [6, 6.07) is 0. The predicted octanol–water partition coefficient (Wildman–Crippen LogP) is 23.1. The molecular weight excluding hydrogens is 1270 g/mol. The Morgan fingerprint density at radius 2 is 0.474 bits per heavy atom. The molecule has 0 aromatic carbocycles. The van der Waals surface area contributed by atoms with E-state index < -0.39 is 97.5 Å². The smallest absolute Gasteiger partial charge is 0.462 e. The highest BCUT2D eigenvalue weighted by Gasteiger charge is 2.30. The summed E-state index contributed by atoms with van der Waals surface area (Å²) < 4.78 is 68.5. The van der Waals surface area contributed by atoms with Gasteiger partial charge in [-0.15, -0.1) is 0 Å². The van der Waals surface area contributed by atoms with E-state index in [2.05, 4.69) is 41.5 Å². The fourth-order valence-electron chi connectivity index (χ4n) is 12.0. The van der Waals surface area contributed by atoms with Crippen molar-refractivity contribution in [3.8, 4) is 0 Å². The first-order valence-corrected chi connectivity index (χ1v) is 43.5. The average molecular weight is 1420 g/mol. The molecule has 97 heavy (non-hydrogen) atoms. The van der Waals surface area contributed by atoms with Crippen LogP contribution in [0.1, 0.15) is 408 Å². The third-order valence-corrected chi connectivity index (χ3v) is 20.1. The number of phosphoric acid groups is 2. The molecule has 576 valence electrons. The van der Waals surface area contributed by atoms with Gasteiger partial charge in [0, 0.05) is 25.7 Å². The number of hydrogen-bond acceptors (Lipinski definition) is 15. The van der Waals surface area contributed by atoms with Crippen LogP contribution in [0.2, 0.25) is 0 Å². The van der Waals surface area contributed by atoms with Crippen LogP contribution in [0.15, 0.2) is 0 Å². The van der Waals surface area contributed by atoms with Gasteiger partial charge in [-0.3, -0.25) is 37.3 Å². The van der Waals surface area contributed by atoms with Gasteiger partial charge in [0.25, 0.3) is 0 Å². The van der Waals surface area contributed by atoms with Crippen LogP contribution in [0, 0.1) is 11.8 Å². The minimum Gasteiger partial charge on any atom is -0.462 e. The van der Waals surface area contributed by atoms with E-state index in [1.807, 2.05) is 0 Å². The summed E-state index contributed by atoms with van der Waals surface area (Å²) in [5.74, 6) is -0.492. The van der Waals surface area contributed by atoms with E-state index in [0.29, 0.717) is 25.7 Å². The van der Waals surface area contributed by atoms with Gasteiger partial charge in [0.1, 0.15) is 19.3 Å².